The predicted molar refractivity (Wildman–Crippen MR) is 59.0 cm³/mol. The summed E-state index contributed by atoms with van der Waals surface area (Å²) in [5, 5.41) is 0. The molecule has 0 spiro atoms. The van der Waals surface area contributed by atoms with Crippen molar-refractivity contribution in [2.45, 2.75) is 51.4 Å². The summed E-state index contributed by atoms with van der Waals surface area (Å²) in [6.07, 6.45) is 8.59. The smallest absolute Gasteiger partial charge is 0.233 e. The van der Waals surface area contributed by atoms with Crippen LogP contribution < -0.4 is 0 Å². The quantitative estimate of drug-likeness (QED) is 0.622. The average Bonchev–Trinajstić information content (AvgIpc) is 2.25. The van der Waals surface area contributed by atoms with Crippen LogP contribution >= 0.6 is 0 Å². The standard InChI is InChI=1S/C12H19NO2/c1-2-13-11(14)9-7-5-3-4-6-8-10-12(13)15/h2H,1,3-10H2. The van der Waals surface area contributed by atoms with Crippen molar-refractivity contribution in [2.75, 3.05) is 0 Å². The molecule has 0 atom stereocenters. The Morgan fingerprint density at radius 3 is 1.67 bits per heavy atom. The van der Waals surface area contributed by atoms with Crippen LogP contribution in [0.1, 0.15) is 51.4 Å². The maximum absolute atomic E-state index is 11.6. The fourth-order valence-electron chi connectivity index (χ4n) is 1.84. The van der Waals surface area contributed by atoms with Crippen molar-refractivity contribution in [3.05, 3.63) is 12.8 Å². The molecule has 84 valence electrons. The zero-order chi connectivity index (χ0) is 11.1. The molecular weight excluding hydrogens is 190 g/mol. The van der Waals surface area contributed by atoms with E-state index in [2.05, 4.69) is 6.58 Å². The third kappa shape index (κ3) is 3.86. The normalized spacial score (nSPS) is 20.9. The van der Waals surface area contributed by atoms with Gasteiger partial charge in [0.05, 0.1) is 0 Å². The highest BCUT2D eigenvalue weighted by atomic mass is 16.2. The molecule has 2 amide bonds. The molecule has 0 aromatic rings. The highest BCUT2D eigenvalue weighted by Gasteiger charge is 2.17. The van der Waals surface area contributed by atoms with Crippen LogP contribution in [-0.4, -0.2) is 16.7 Å². The molecule has 0 unspecified atom stereocenters. The van der Waals surface area contributed by atoms with Gasteiger partial charge in [0.2, 0.25) is 11.8 Å². The second-order valence-corrected chi connectivity index (χ2v) is 3.96. The van der Waals surface area contributed by atoms with Crippen LogP contribution in [0.5, 0.6) is 0 Å². The molecule has 1 aliphatic rings. The van der Waals surface area contributed by atoms with E-state index < -0.39 is 0 Å². The van der Waals surface area contributed by atoms with E-state index in [9.17, 15) is 9.59 Å². The minimum Gasteiger partial charge on any atom is -0.274 e. The molecule has 0 aromatic heterocycles. The highest BCUT2D eigenvalue weighted by Crippen LogP contribution is 2.13. The van der Waals surface area contributed by atoms with E-state index in [1.165, 1.54) is 23.9 Å². The molecule has 1 rings (SSSR count). The average molecular weight is 209 g/mol. The summed E-state index contributed by atoms with van der Waals surface area (Å²) >= 11 is 0. The van der Waals surface area contributed by atoms with Gasteiger partial charge in [-0.2, -0.15) is 0 Å². The van der Waals surface area contributed by atoms with E-state index in [1.54, 1.807) is 0 Å². The summed E-state index contributed by atoms with van der Waals surface area (Å²) < 4.78 is 0. The van der Waals surface area contributed by atoms with Gasteiger partial charge in [0.15, 0.2) is 0 Å². The van der Waals surface area contributed by atoms with Crippen LogP contribution in [0.15, 0.2) is 12.8 Å². The van der Waals surface area contributed by atoms with Crippen LogP contribution in [0.4, 0.5) is 0 Å². The van der Waals surface area contributed by atoms with E-state index in [4.69, 9.17) is 0 Å². The van der Waals surface area contributed by atoms with Gasteiger partial charge in [-0.3, -0.25) is 14.5 Å². The van der Waals surface area contributed by atoms with Crippen molar-refractivity contribution < 1.29 is 9.59 Å². The van der Waals surface area contributed by atoms with Gasteiger partial charge >= 0.3 is 0 Å². The summed E-state index contributed by atoms with van der Waals surface area (Å²) in [5.74, 6) is -0.200. The second kappa shape index (κ2) is 6.38. The lowest BCUT2D eigenvalue weighted by Crippen LogP contribution is -2.31. The summed E-state index contributed by atoms with van der Waals surface area (Å²) in [6.45, 7) is 3.52. The number of hydrogen-bond acceptors (Lipinski definition) is 2. The molecule has 3 nitrogen and oxygen atoms in total. The monoisotopic (exact) mass is 209 g/mol. The zero-order valence-corrected chi connectivity index (χ0v) is 9.21. The van der Waals surface area contributed by atoms with Crippen molar-refractivity contribution in [2.24, 2.45) is 0 Å². The van der Waals surface area contributed by atoms with Crippen LogP contribution in [0, 0.1) is 0 Å². The topological polar surface area (TPSA) is 37.4 Å². The van der Waals surface area contributed by atoms with E-state index in [0.29, 0.717) is 12.8 Å². The van der Waals surface area contributed by atoms with Crippen LogP contribution in [-0.2, 0) is 9.59 Å². The van der Waals surface area contributed by atoms with Crippen LogP contribution in [0.25, 0.3) is 0 Å². The Balaban J connectivity index is 2.59. The Hall–Kier alpha value is -1.12. The molecule has 15 heavy (non-hydrogen) atoms. The Morgan fingerprint density at radius 2 is 1.27 bits per heavy atom. The number of imide groups is 1. The van der Waals surface area contributed by atoms with Crippen LogP contribution in [0.3, 0.4) is 0 Å². The van der Waals surface area contributed by atoms with Gasteiger partial charge in [0, 0.05) is 19.0 Å². The molecule has 0 N–H and O–H groups in total. The van der Waals surface area contributed by atoms with E-state index >= 15 is 0 Å². The maximum Gasteiger partial charge on any atom is 0.233 e. The molecule has 0 radical (unpaired) electrons. The van der Waals surface area contributed by atoms with Crippen LogP contribution in [0.2, 0.25) is 0 Å². The molecule has 0 saturated carbocycles. The van der Waals surface area contributed by atoms with Crippen molar-refractivity contribution in [3.8, 4) is 0 Å². The first-order valence-corrected chi connectivity index (χ1v) is 5.73. The van der Waals surface area contributed by atoms with Gasteiger partial charge in [-0.1, -0.05) is 32.3 Å². The predicted octanol–water partition coefficient (Wildman–Crippen LogP) is 2.62. The number of rotatable bonds is 1. The number of hydrogen-bond donors (Lipinski definition) is 0. The minimum atomic E-state index is -0.100. The van der Waals surface area contributed by atoms with Gasteiger partial charge in [-0.25, -0.2) is 0 Å². The lowest BCUT2D eigenvalue weighted by Gasteiger charge is -2.15. The summed E-state index contributed by atoms with van der Waals surface area (Å²) in [5.41, 5.74) is 0. The lowest BCUT2D eigenvalue weighted by atomic mass is 10.1. The van der Waals surface area contributed by atoms with Gasteiger partial charge in [-0.15, -0.1) is 0 Å². The van der Waals surface area contributed by atoms with Gasteiger partial charge < -0.3 is 0 Å². The fraction of sp³-hybridized carbons (Fsp3) is 0.667. The van der Waals surface area contributed by atoms with Crippen molar-refractivity contribution in [1.29, 1.82) is 0 Å². The third-order valence-corrected chi connectivity index (χ3v) is 2.75. The summed E-state index contributed by atoms with van der Waals surface area (Å²) in [6, 6.07) is 0. The summed E-state index contributed by atoms with van der Waals surface area (Å²) in [4.78, 5) is 24.4. The molecule has 0 aromatic carbocycles. The van der Waals surface area contributed by atoms with Gasteiger partial charge in [-0.05, 0) is 12.8 Å². The SMILES string of the molecule is C=CN1C(=O)CCCCCCCCC1=O. The lowest BCUT2D eigenvalue weighted by molar-refractivity contribution is -0.141. The molecule has 3 heteroatoms. The Morgan fingerprint density at radius 1 is 0.867 bits per heavy atom. The molecule has 0 aliphatic carbocycles. The molecule has 1 fully saturated rings. The minimum absolute atomic E-state index is 0.100. The van der Waals surface area contributed by atoms with Crippen molar-refractivity contribution in [3.63, 3.8) is 0 Å². The first-order chi connectivity index (χ1) is 7.25. The highest BCUT2D eigenvalue weighted by molar-refractivity contribution is 5.96. The second-order valence-electron chi connectivity index (χ2n) is 3.96. The third-order valence-electron chi connectivity index (χ3n) is 2.75. The Bertz CT molecular complexity index is 226. The largest absolute Gasteiger partial charge is 0.274 e. The molecule has 0 bridgehead atoms. The van der Waals surface area contributed by atoms with Gasteiger partial charge in [0.1, 0.15) is 0 Å². The first-order valence-electron chi connectivity index (χ1n) is 5.73. The number of carbonyl (C=O) groups excluding carboxylic acids is 2. The van der Waals surface area contributed by atoms with E-state index in [-0.39, 0.29) is 11.8 Å². The Labute approximate surface area is 91.1 Å². The molecule has 1 heterocycles. The number of nitrogens with zero attached hydrogens (tertiary/aromatic N) is 1. The molecule has 1 aliphatic heterocycles. The van der Waals surface area contributed by atoms with E-state index in [0.717, 1.165) is 25.7 Å². The van der Waals surface area contributed by atoms with Gasteiger partial charge in [0.25, 0.3) is 0 Å². The van der Waals surface area contributed by atoms with E-state index in [1.807, 2.05) is 0 Å². The fourth-order valence-corrected chi connectivity index (χ4v) is 1.84. The van der Waals surface area contributed by atoms with Crippen molar-refractivity contribution in [1.82, 2.24) is 4.90 Å². The number of amides is 2. The summed E-state index contributed by atoms with van der Waals surface area (Å²) in [7, 11) is 0. The molecular formula is C12H19NO2. The molecule has 1 saturated heterocycles. The number of carbonyl (C=O) groups is 2. The van der Waals surface area contributed by atoms with Crippen molar-refractivity contribution >= 4 is 11.8 Å². The first kappa shape index (κ1) is 12.0. The maximum atomic E-state index is 11.6. The Kier molecular flexibility index (Phi) is 5.08. The zero-order valence-electron chi connectivity index (χ0n) is 9.21.